The Morgan fingerprint density at radius 3 is 2.44 bits per heavy atom. The van der Waals surface area contributed by atoms with E-state index in [9.17, 15) is 0 Å². The molecule has 0 bridgehead atoms. The molecule has 1 aliphatic rings. The lowest BCUT2D eigenvalue weighted by molar-refractivity contribution is 0.161. The smallest absolute Gasteiger partial charge is 0.120 e. The molecule has 144 valence electrons. The summed E-state index contributed by atoms with van der Waals surface area (Å²) in [5.74, 6) is 1.61. The average Bonchev–Trinajstić information content (AvgIpc) is 2.59. The number of hydrogen-bond donors (Lipinski definition) is 0. The molecule has 2 nitrogen and oxygen atoms in total. The molecule has 0 amide bonds. The molecule has 0 saturated carbocycles. The van der Waals surface area contributed by atoms with Gasteiger partial charge in [0, 0.05) is 6.07 Å². The summed E-state index contributed by atoms with van der Waals surface area (Å²) >= 11 is 11.9. The van der Waals surface area contributed by atoms with Gasteiger partial charge < -0.3 is 9.64 Å². The van der Waals surface area contributed by atoms with E-state index >= 15 is 0 Å². The molecule has 1 heterocycles. The van der Waals surface area contributed by atoms with Gasteiger partial charge in [0.1, 0.15) is 5.75 Å². The molecule has 0 atom stereocenters. The normalized spacial score (nSPS) is 15.8. The van der Waals surface area contributed by atoms with Crippen LogP contribution in [0.3, 0.4) is 0 Å². The van der Waals surface area contributed by atoms with Gasteiger partial charge in [0.2, 0.25) is 0 Å². The first-order chi connectivity index (χ1) is 11.7. The van der Waals surface area contributed by atoms with E-state index in [0.717, 1.165) is 24.7 Å². The maximum absolute atomic E-state index is 6.01. The molecule has 0 N–H and O–H groups in total. The number of halogens is 3. The first-order valence-electron chi connectivity index (χ1n) is 9.49. The number of unbranched alkanes of at least 4 members (excludes halogenated alkanes) is 4. The van der Waals surface area contributed by atoms with Crippen molar-refractivity contribution in [1.29, 1.82) is 0 Å². The molecule has 1 saturated heterocycles. The van der Waals surface area contributed by atoms with Crippen LogP contribution in [0.2, 0.25) is 10.0 Å². The molecule has 0 spiro atoms. The van der Waals surface area contributed by atoms with Crippen molar-refractivity contribution in [3.8, 4) is 5.75 Å². The fourth-order valence-corrected chi connectivity index (χ4v) is 3.64. The summed E-state index contributed by atoms with van der Waals surface area (Å²) in [6, 6.07) is 5.47. The average molecular weight is 409 g/mol. The third-order valence-electron chi connectivity index (χ3n) is 4.97. The van der Waals surface area contributed by atoms with E-state index in [1.807, 2.05) is 6.07 Å². The van der Waals surface area contributed by atoms with Gasteiger partial charge in [0.05, 0.1) is 16.7 Å². The Balaban J connectivity index is 0.00000312. The highest BCUT2D eigenvalue weighted by atomic mass is 35.5. The SMILES string of the molecule is CCCCCCCN1CCC(CCOc2ccc(Cl)c(Cl)c2)CC1.Cl. The third-order valence-corrected chi connectivity index (χ3v) is 5.71. The van der Waals surface area contributed by atoms with E-state index in [0.29, 0.717) is 10.0 Å². The molecule has 5 heteroatoms. The summed E-state index contributed by atoms with van der Waals surface area (Å²) in [6.07, 6.45) is 10.6. The van der Waals surface area contributed by atoms with Crippen LogP contribution in [0.15, 0.2) is 18.2 Å². The summed E-state index contributed by atoms with van der Waals surface area (Å²) in [7, 11) is 0. The largest absolute Gasteiger partial charge is 0.494 e. The zero-order valence-electron chi connectivity index (χ0n) is 15.3. The van der Waals surface area contributed by atoms with Crippen LogP contribution in [0.25, 0.3) is 0 Å². The second-order valence-electron chi connectivity index (χ2n) is 6.91. The minimum atomic E-state index is 0. The number of likely N-dealkylation sites (tertiary alicyclic amines) is 1. The monoisotopic (exact) mass is 407 g/mol. The van der Waals surface area contributed by atoms with Crippen molar-refractivity contribution in [2.45, 2.75) is 58.3 Å². The number of nitrogens with zero attached hydrogens (tertiary/aromatic N) is 1. The fraction of sp³-hybridized carbons (Fsp3) is 0.700. The van der Waals surface area contributed by atoms with Gasteiger partial charge in [-0.25, -0.2) is 0 Å². The third kappa shape index (κ3) is 8.86. The highest BCUT2D eigenvalue weighted by Crippen LogP contribution is 2.27. The van der Waals surface area contributed by atoms with Crippen molar-refractivity contribution in [3.63, 3.8) is 0 Å². The molecule has 25 heavy (non-hydrogen) atoms. The number of hydrogen-bond acceptors (Lipinski definition) is 2. The second kappa shape index (κ2) is 13.1. The zero-order chi connectivity index (χ0) is 17.2. The van der Waals surface area contributed by atoms with E-state index in [2.05, 4.69) is 11.8 Å². The lowest BCUT2D eigenvalue weighted by Gasteiger charge is -2.32. The van der Waals surface area contributed by atoms with Crippen LogP contribution in [0, 0.1) is 5.92 Å². The standard InChI is InChI=1S/C20H31Cl2NO.ClH/c1-2-3-4-5-6-12-23-13-9-17(10-14-23)11-15-24-18-7-8-19(21)20(22)16-18;/h7-8,16-17H,2-6,9-15H2,1H3;1H. The van der Waals surface area contributed by atoms with Crippen LogP contribution in [-0.2, 0) is 0 Å². The highest BCUT2D eigenvalue weighted by Gasteiger charge is 2.18. The van der Waals surface area contributed by atoms with Crippen molar-refractivity contribution >= 4 is 35.6 Å². The minimum Gasteiger partial charge on any atom is -0.494 e. The van der Waals surface area contributed by atoms with Gasteiger partial charge in [0.25, 0.3) is 0 Å². The van der Waals surface area contributed by atoms with Crippen molar-refractivity contribution < 1.29 is 4.74 Å². The van der Waals surface area contributed by atoms with Crippen LogP contribution in [0.1, 0.15) is 58.3 Å². The van der Waals surface area contributed by atoms with E-state index < -0.39 is 0 Å². The molecule has 1 aliphatic heterocycles. The minimum absolute atomic E-state index is 0. The first kappa shape index (κ1) is 22.9. The highest BCUT2D eigenvalue weighted by molar-refractivity contribution is 6.42. The summed E-state index contributed by atoms with van der Waals surface area (Å²) in [4.78, 5) is 2.64. The molecule has 0 aromatic heterocycles. The van der Waals surface area contributed by atoms with Gasteiger partial charge >= 0.3 is 0 Å². The van der Waals surface area contributed by atoms with Crippen molar-refractivity contribution in [3.05, 3.63) is 28.2 Å². The van der Waals surface area contributed by atoms with Crippen LogP contribution in [0.5, 0.6) is 5.75 Å². The molecule has 1 aromatic rings. The van der Waals surface area contributed by atoms with Crippen LogP contribution >= 0.6 is 35.6 Å². The van der Waals surface area contributed by atoms with Gasteiger partial charge in [-0.3, -0.25) is 0 Å². The second-order valence-corrected chi connectivity index (χ2v) is 7.73. The molecule has 1 fully saturated rings. The maximum atomic E-state index is 6.01. The molecule has 0 unspecified atom stereocenters. The zero-order valence-corrected chi connectivity index (χ0v) is 17.6. The summed E-state index contributed by atoms with van der Waals surface area (Å²) in [5, 5.41) is 1.13. The van der Waals surface area contributed by atoms with Crippen molar-refractivity contribution in [2.24, 2.45) is 5.92 Å². The van der Waals surface area contributed by atoms with E-state index in [1.165, 1.54) is 64.6 Å². The molecular weight excluding hydrogens is 377 g/mol. The van der Waals surface area contributed by atoms with Gasteiger partial charge in [-0.15, -0.1) is 12.4 Å². The Bertz CT molecular complexity index is 476. The lowest BCUT2D eigenvalue weighted by Crippen LogP contribution is -2.34. The number of rotatable bonds is 10. The van der Waals surface area contributed by atoms with Gasteiger partial charge in [-0.05, 0) is 63.4 Å². The molecule has 0 radical (unpaired) electrons. The fourth-order valence-electron chi connectivity index (χ4n) is 3.35. The lowest BCUT2D eigenvalue weighted by atomic mass is 9.94. The Hall–Kier alpha value is -0.150. The number of benzene rings is 1. The van der Waals surface area contributed by atoms with Gasteiger partial charge in [-0.2, -0.15) is 0 Å². The maximum Gasteiger partial charge on any atom is 0.120 e. The molecule has 0 aliphatic carbocycles. The summed E-state index contributed by atoms with van der Waals surface area (Å²) in [6.45, 7) is 6.84. The number of piperidine rings is 1. The summed E-state index contributed by atoms with van der Waals surface area (Å²) in [5.41, 5.74) is 0. The van der Waals surface area contributed by atoms with Crippen molar-refractivity contribution in [1.82, 2.24) is 4.90 Å². The first-order valence-corrected chi connectivity index (χ1v) is 10.2. The molecule has 1 aromatic carbocycles. The Labute approximate surface area is 169 Å². The van der Waals surface area contributed by atoms with E-state index in [4.69, 9.17) is 27.9 Å². The predicted octanol–water partition coefficient (Wildman–Crippen LogP) is 6.87. The van der Waals surface area contributed by atoms with Gasteiger partial charge in [0.15, 0.2) is 0 Å². The Morgan fingerprint density at radius 2 is 1.76 bits per heavy atom. The van der Waals surface area contributed by atoms with Crippen molar-refractivity contribution in [2.75, 3.05) is 26.2 Å². The Morgan fingerprint density at radius 1 is 1.04 bits per heavy atom. The summed E-state index contributed by atoms with van der Waals surface area (Å²) < 4.78 is 5.82. The van der Waals surface area contributed by atoms with Crippen LogP contribution in [-0.4, -0.2) is 31.1 Å². The molecular formula is C20H32Cl3NO. The topological polar surface area (TPSA) is 12.5 Å². The van der Waals surface area contributed by atoms with E-state index in [-0.39, 0.29) is 12.4 Å². The van der Waals surface area contributed by atoms with E-state index in [1.54, 1.807) is 12.1 Å². The van der Waals surface area contributed by atoms with Crippen LogP contribution < -0.4 is 4.74 Å². The molecule has 2 rings (SSSR count). The Kier molecular flexibility index (Phi) is 12.0. The quantitative estimate of drug-likeness (QED) is 0.392. The number of ether oxygens (including phenoxy) is 1. The van der Waals surface area contributed by atoms with Crippen LogP contribution in [0.4, 0.5) is 0 Å². The van der Waals surface area contributed by atoms with Gasteiger partial charge in [-0.1, -0.05) is 55.8 Å². The predicted molar refractivity (Wildman–Crippen MR) is 112 cm³/mol.